The number of halogens is 5. The molecule has 1 aliphatic heterocycles. The number of aromatic nitrogens is 2. The number of nitrogens with zero attached hydrogens (tertiary/aromatic N) is 3. The van der Waals surface area contributed by atoms with Crippen molar-refractivity contribution in [2.75, 3.05) is 49.9 Å². The molecule has 4 aromatic rings. The van der Waals surface area contributed by atoms with Crippen molar-refractivity contribution < 1.29 is 45.7 Å². The number of carbonyl (C=O) groups excluding carboxylic acids is 1. The Morgan fingerprint density at radius 3 is 2.49 bits per heavy atom. The van der Waals surface area contributed by atoms with Gasteiger partial charge in [-0.2, -0.15) is 13.5 Å². The van der Waals surface area contributed by atoms with Crippen molar-refractivity contribution in [3.8, 4) is 11.5 Å². The van der Waals surface area contributed by atoms with Gasteiger partial charge in [-0.1, -0.05) is 29.3 Å². The van der Waals surface area contributed by atoms with Crippen LogP contribution in [0.1, 0.15) is 36.5 Å². The fourth-order valence-corrected chi connectivity index (χ4v) is 7.63. The number of hydrogen-bond donors (Lipinski definition) is 1. The monoisotopic (exact) mass is 818 g/mol. The van der Waals surface area contributed by atoms with Gasteiger partial charge >= 0.3 is 12.6 Å². The minimum atomic E-state index is -3.59. The highest BCUT2D eigenvalue weighted by molar-refractivity contribution is 7.92. The first-order valence-corrected chi connectivity index (χ1v) is 19.2. The lowest BCUT2D eigenvalue weighted by molar-refractivity contribution is -0.605. The summed E-state index contributed by atoms with van der Waals surface area (Å²) in [5.41, 5.74) is 1.78. The van der Waals surface area contributed by atoms with Crippen LogP contribution in [0.15, 0.2) is 61.1 Å². The maximum Gasteiger partial charge on any atom is 0.387 e. The molecule has 2 aliphatic rings. The molecule has 1 saturated heterocycles. The van der Waals surface area contributed by atoms with E-state index in [2.05, 4.69) is 14.4 Å². The zero-order valence-electron chi connectivity index (χ0n) is 28.4. The maximum absolute atomic E-state index is 13.5. The Kier molecular flexibility index (Phi) is 13.9. The molecule has 0 amide bonds. The topological polar surface area (TPSA) is 135 Å². The third-order valence-corrected chi connectivity index (χ3v) is 10.8. The second kappa shape index (κ2) is 18.2. The molecule has 18 heteroatoms. The van der Waals surface area contributed by atoms with Crippen LogP contribution in [0.25, 0.3) is 10.9 Å². The number of hydrogen-bond acceptors (Lipinski definition) is 9. The van der Waals surface area contributed by atoms with E-state index in [0.717, 1.165) is 38.3 Å². The van der Waals surface area contributed by atoms with Crippen LogP contribution in [0, 0.1) is 11.1 Å². The lowest BCUT2D eigenvalue weighted by atomic mass is 10.0. The van der Waals surface area contributed by atoms with Crippen molar-refractivity contribution in [3.63, 3.8) is 0 Å². The Bertz CT molecular complexity index is 1970. The van der Waals surface area contributed by atoms with Crippen LogP contribution in [-0.2, 0) is 37.3 Å². The summed E-state index contributed by atoms with van der Waals surface area (Å²) in [5, 5.41) is 12.7. The molecule has 2 aromatic heterocycles. The van der Waals surface area contributed by atoms with Gasteiger partial charge in [-0.05, 0) is 73.7 Å². The van der Waals surface area contributed by atoms with Crippen molar-refractivity contribution in [1.82, 2.24) is 9.47 Å². The van der Waals surface area contributed by atoms with Gasteiger partial charge in [-0.15, -0.1) is 12.4 Å². The molecule has 3 heterocycles. The van der Waals surface area contributed by atoms with Gasteiger partial charge in [0.05, 0.1) is 25.6 Å². The van der Waals surface area contributed by atoms with Gasteiger partial charge in [0.25, 0.3) is 0 Å². The number of morpholine rings is 1. The molecule has 0 bridgehead atoms. The van der Waals surface area contributed by atoms with Gasteiger partial charge in [-0.25, -0.2) is 8.42 Å². The minimum Gasteiger partial charge on any atom is -0.619 e. The standard InChI is InChI=1S/C35H38Cl2F2N4O8S.ClH/c36-28-19-43(45)20-29(37)27(28)18-32(25-4-7-31(51-35(38)39)33(17-25)49-22-23-2-3-23)50-34(44)21-42-10-8-24-16-26(5-6-30(24)42)40-52(46,47)15-1-9-41-11-13-48-14-12-41;/h4-8,10,16-17,19-20,23,32,35,40H,1-3,9,11-15,18,21-22H2;1H/t32-;/m0./s1. The van der Waals surface area contributed by atoms with Crippen LogP contribution in [0.5, 0.6) is 11.5 Å². The Morgan fingerprint density at radius 2 is 1.79 bits per heavy atom. The SMILES string of the molecule is Cl.O=C(Cn1ccc2cc(NS(=O)(=O)CCCN3CCOCC3)ccc21)O[C@@H](Cc1c(Cl)c[n+]([O-])cc1Cl)c1ccc(OC(F)F)c(OCC2CC2)c1. The molecule has 1 aliphatic carbocycles. The lowest BCUT2D eigenvalue weighted by Gasteiger charge is -2.26. The van der Waals surface area contributed by atoms with Crippen LogP contribution in [0.3, 0.4) is 0 Å². The maximum atomic E-state index is 13.5. The molecule has 12 nitrogen and oxygen atoms in total. The third-order valence-electron chi connectivity index (χ3n) is 8.78. The quantitative estimate of drug-likeness (QED) is 0.0732. The van der Waals surface area contributed by atoms with Crippen LogP contribution < -0.4 is 18.9 Å². The number of pyridine rings is 1. The number of nitrogens with one attached hydrogen (secondary N) is 1. The molecule has 1 N–H and O–H groups in total. The fourth-order valence-electron chi connectivity index (χ4n) is 5.93. The van der Waals surface area contributed by atoms with E-state index in [1.807, 2.05) is 0 Å². The van der Waals surface area contributed by atoms with E-state index in [1.54, 1.807) is 35.0 Å². The number of esters is 1. The van der Waals surface area contributed by atoms with Gasteiger partial charge in [0.1, 0.15) is 22.7 Å². The number of fused-ring (bicyclic) bond motifs is 1. The normalized spacial score (nSPS) is 15.6. The molecule has 0 unspecified atom stereocenters. The smallest absolute Gasteiger partial charge is 0.387 e. The number of benzene rings is 2. The Labute approximate surface area is 321 Å². The minimum absolute atomic E-state index is 0. The van der Waals surface area contributed by atoms with E-state index in [9.17, 15) is 27.2 Å². The summed E-state index contributed by atoms with van der Waals surface area (Å²) in [5.74, 6) is -0.462. The summed E-state index contributed by atoms with van der Waals surface area (Å²) in [4.78, 5) is 15.7. The zero-order chi connectivity index (χ0) is 36.8. The second-order valence-corrected chi connectivity index (χ2v) is 15.4. The van der Waals surface area contributed by atoms with Gasteiger partial charge in [0.15, 0.2) is 23.9 Å². The number of rotatable bonds is 17. The van der Waals surface area contributed by atoms with E-state index in [0.29, 0.717) is 71.2 Å². The Balaban J connectivity index is 0.00000541. The molecule has 1 saturated carbocycles. The predicted molar refractivity (Wildman–Crippen MR) is 198 cm³/mol. The van der Waals surface area contributed by atoms with Gasteiger partial charge in [0.2, 0.25) is 10.0 Å². The van der Waals surface area contributed by atoms with E-state index < -0.39 is 28.7 Å². The zero-order valence-corrected chi connectivity index (χ0v) is 31.6. The van der Waals surface area contributed by atoms with Crippen LogP contribution >= 0.6 is 35.6 Å². The van der Waals surface area contributed by atoms with Crippen molar-refractivity contribution in [1.29, 1.82) is 0 Å². The third kappa shape index (κ3) is 11.4. The van der Waals surface area contributed by atoms with Gasteiger partial charge in [0, 0.05) is 47.9 Å². The second-order valence-electron chi connectivity index (χ2n) is 12.8. The first-order chi connectivity index (χ1) is 24.9. The van der Waals surface area contributed by atoms with Crippen molar-refractivity contribution >= 4 is 68.2 Å². The first-order valence-electron chi connectivity index (χ1n) is 16.8. The lowest BCUT2D eigenvalue weighted by Crippen LogP contribution is -2.37. The van der Waals surface area contributed by atoms with Gasteiger partial charge < -0.3 is 28.7 Å². The fraction of sp³-hybridized carbons (Fsp3) is 0.429. The molecule has 288 valence electrons. The first kappa shape index (κ1) is 40.6. The van der Waals surface area contributed by atoms with E-state index in [4.69, 9.17) is 37.4 Å². The number of alkyl halides is 2. The highest BCUT2D eigenvalue weighted by Crippen LogP contribution is 2.38. The molecule has 53 heavy (non-hydrogen) atoms. The summed E-state index contributed by atoms with van der Waals surface area (Å²) in [6.45, 7) is 0.550. The summed E-state index contributed by atoms with van der Waals surface area (Å²) < 4.78 is 78.6. The average molecular weight is 820 g/mol. The van der Waals surface area contributed by atoms with E-state index in [-0.39, 0.29) is 52.7 Å². The number of anilines is 1. The summed E-state index contributed by atoms with van der Waals surface area (Å²) >= 11 is 12.7. The molecule has 0 radical (unpaired) electrons. The Morgan fingerprint density at radius 1 is 1.06 bits per heavy atom. The molecular weight excluding hydrogens is 781 g/mol. The number of sulfonamides is 1. The average Bonchev–Trinajstić information content (AvgIpc) is 3.84. The molecule has 6 rings (SSSR count). The highest BCUT2D eigenvalue weighted by atomic mass is 35.5. The van der Waals surface area contributed by atoms with E-state index in [1.165, 1.54) is 18.2 Å². The summed E-state index contributed by atoms with van der Waals surface area (Å²) in [6.07, 6.45) is 5.27. The molecule has 2 aromatic carbocycles. The van der Waals surface area contributed by atoms with Crippen LogP contribution in [0.4, 0.5) is 14.5 Å². The Hall–Kier alpha value is -3.60. The van der Waals surface area contributed by atoms with Crippen LogP contribution in [-0.4, -0.2) is 75.7 Å². The summed E-state index contributed by atoms with van der Waals surface area (Å²) in [6, 6.07) is 11.1. The van der Waals surface area contributed by atoms with Crippen molar-refractivity contribution in [2.24, 2.45) is 5.92 Å². The highest BCUT2D eigenvalue weighted by Gasteiger charge is 2.27. The molecular formula is C35H39Cl3F2N4O8S. The van der Waals surface area contributed by atoms with Gasteiger partial charge in [-0.3, -0.25) is 14.4 Å². The predicted octanol–water partition coefficient (Wildman–Crippen LogP) is 6.38. The molecule has 1 atom stereocenters. The van der Waals surface area contributed by atoms with Crippen molar-refractivity contribution in [2.45, 2.75) is 44.9 Å². The number of ether oxygens (including phenoxy) is 4. The van der Waals surface area contributed by atoms with Crippen molar-refractivity contribution in [3.05, 3.63) is 87.4 Å². The number of carbonyl (C=O) groups is 1. The molecule has 0 spiro atoms. The van der Waals surface area contributed by atoms with E-state index >= 15 is 0 Å². The molecule has 2 fully saturated rings. The largest absolute Gasteiger partial charge is 0.619 e. The summed E-state index contributed by atoms with van der Waals surface area (Å²) in [7, 11) is -3.59. The van der Waals surface area contributed by atoms with Crippen LogP contribution in [0.2, 0.25) is 10.0 Å².